The molecule has 0 saturated carbocycles. The molecule has 0 radical (unpaired) electrons. The van der Waals surface area contributed by atoms with Crippen LogP contribution >= 0.6 is 11.3 Å². The maximum atomic E-state index is 13.6. The molecule has 7 nitrogen and oxygen atoms in total. The molecule has 0 aliphatic carbocycles. The Morgan fingerprint density at radius 2 is 1.83 bits per heavy atom. The summed E-state index contributed by atoms with van der Waals surface area (Å²) in [6, 6.07) is 18.1. The van der Waals surface area contributed by atoms with Crippen molar-refractivity contribution in [3.8, 4) is 22.3 Å². The van der Waals surface area contributed by atoms with E-state index in [0.717, 1.165) is 48.4 Å². The number of thiazole rings is 1. The van der Waals surface area contributed by atoms with E-state index < -0.39 is 0 Å². The average Bonchev–Trinajstić information content (AvgIpc) is 3.46. The predicted molar refractivity (Wildman–Crippen MR) is 141 cm³/mol. The summed E-state index contributed by atoms with van der Waals surface area (Å²) in [5.41, 5.74) is 4.99. The minimum absolute atomic E-state index is 0.0784. The highest BCUT2D eigenvalue weighted by atomic mass is 32.1. The number of hydrogen-bond donors (Lipinski definition) is 0. The zero-order valence-corrected chi connectivity index (χ0v) is 21.3. The third-order valence-electron chi connectivity index (χ3n) is 7.19. The monoisotopic (exact) mass is 498 g/mol. The third kappa shape index (κ3) is 4.00. The lowest BCUT2D eigenvalue weighted by molar-refractivity contribution is -0.281. The van der Waals surface area contributed by atoms with Crippen molar-refractivity contribution in [3.05, 3.63) is 81.8 Å². The van der Waals surface area contributed by atoms with E-state index in [0.29, 0.717) is 22.8 Å². The van der Waals surface area contributed by atoms with Crippen molar-refractivity contribution < 1.29 is 5.11 Å². The zero-order valence-electron chi connectivity index (χ0n) is 20.5. The van der Waals surface area contributed by atoms with Crippen LogP contribution in [0.1, 0.15) is 42.6 Å². The Kier molecular flexibility index (Phi) is 5.85. The second kappa shape index (κ2) is 9.19. The van der Waals surface area contributed by atoms with Gasteiger partial charge in [-0.15, -0.1) is 0 Å². The molecular weight excluding hydrogens is 470 g/mol. The maximum absolute atomic E-state index is 13.6. The van der Waals surface area contributed by atoms with Crippen molar-refractivity contribution >= 4 is 21.6 Å². The van der Waals surface area contributed by atoms with E-state index in [4.69, 9.17) is 0 Å². The van der Waals surface area contributed by atoms with Gasteiger partial charge in [0, 0.05) is 31.4 Å². The summed E-state index contributed by atoms with van der Waals surface area (Å²) in [5, 5.41) is 18.4. The van der Waals surface area contributed by atoms with E-state index in [1.807, 2.05) is 35.8 Å². The summed E-state index contributed by atoms with van der Waals surface area (Å²) in [6.45, 7) is 6.86. The molecule has 2 aromatic carbocycles. The van der Waals surface area contributed by atoms with Gasteiger partial charge in [-0.3, -0.25) is 9.69 Å². The smallest absolute Gasteiger partial charge is 0.284 e. The van der Waals surface area contributed by atoms with Gasteiger partial charge in [0.05, 0.1) is 21.5 Å². The van der Waals surface area contributed by atoms with Crippen LogP contribution in [0.3, 0.4) is 0 Å². The Balaban J connectivity index is 1.31. The molecule has 1 fully saturated rings. The first-order chi connectivity index (χ1) is 17.5. The Morgan fingerprint density at radius 3 is 2.56 bits per heavy atom. The average molecular weight is 499 g/mol. The molecule has 3 aliphatic rings. The summed E-state index contributed by atoms with van der Waals surface area (Å²) < 4.78 is 4.24. The van der Waals surface area contributed by atoms with Crippen LogP contribution in [-0.2, 0) is 13.0 Å². The summed E-state index contributed by atoms with van der Waals surface area (Å²) in [5.74, 6) is -0.0784. The third-order valence-corrected chi connectivity index (χ3v) is 8.21. The predicted octanol–water partition coefficient (Wildman–Crippen LogP) is 4.53. The van der Waals surface area contributed by atoms with Crippen LogP contribution in [0, 0.1) is 6.92 Å². The van der Waals surface area contributed by atoms with Crippen LogP contribution in [0.25, 0.3) is 26.6 Å². The summed E-state index contributed by atoms with van der Waals surface area (Å²) in [6.07, 6.45) is 2.35. The van der Waals surface area contributed by atoms with Crippen LogP contribution in [0.5, 0.6) is 5.88 Å². The Bertz CT molecular complexity index is 1520. The van der Waals surface area contributed by atoms with Gasteiger partial charge < -0.3 is 9.67 Å². The first-order valence-corrected chi connectivity index (χ1v) is 13.3. The zero-order chi connectivity index (χ0) is 24.8. The molecule has 0 amide bonds. The lowest BCUT2D eigenvalue weighted by Gasteiger charge is -2.37. The largest absolute Gasteiger partial charge is 0.860 e. The van der Waals surface area contributed by atoms with Gasteiger partial charge in [0.15, 0.2) is 0 Å². The summed E-state index contributed by atoms with van der Waals surface area (Å²) in [4.78, 5) is 20.6. The molecule has 0 atom stereocenters. The fourth-order valence-electron chi connectivity index (χ4n) is 5.35. The molecule has 0 unspecified atom stereocenters. The van der Waals surface area contributed by atoms with Crippen molar-refractivity contribution in [3.63, 3.8) is 0 Å². The second-order valence-corrected chi connectivity index (χ2v) is 10.6. The van der Waals surface area contributed by atoms with Crippen LogP contribution in [0.2, 0.25) is 0 Å². The molecule has 1 saturated heterocycles. The normalized spacial score (nSPS) is 15.3. The highest BCUT2D eigenvalue weighted by Crippen LogP contribution is 2.35. The fraction of sp³-hybridized carbons (Fsp3) is 0.321. The molecule has 184 valence electrons. The Hall–Kier alpha value is -3.49. The number of para-hydroxylation sites is 1. The SMILES string of the molecule is CCc1c2c(=O)n(-c3nc4ccccc4s3)nc-2cc([O-])n1C1CCN(Cc2ccc(C)cc2)CC1. The van der Waals surface area contributed by atoms with E-state index in [1.54, 1.807) is 0 Å². The molecule has 0 bridgehead atoms. The van der Waals surface area contributed by atoms with Gasteiger partial charge in [0.25, 0.3) is 5.56 Å². The molecule has 3 aliphatic heterocycles. The van der Waals surface area contributed by atoms with Gasteiger partial charge in [-0.1, -0.05) is 60.2 Å². The number of benzene rings is 2. The number of fused-ring (bicyclic) bond motifs is 2. The lowest BCUT2D eigenvalue weighted by atomic mass is 10.0. The molecule has 36 heavy (non-hydrogen) atoms. The Morgan fingerprint density at radius 1 is 1.08 bits per heavy atom. The van der Waals surface area contributed by atoms with Gasteiger partial charge in [-0.2, -0.15) is 9.78 Å². The molecule has 3 aromatic rings. The number of aryl methyl sites for hydroxylation is 1. The minimum atomic E-state index is -0.202. The van der Waals surface area contributed by atoms with Crippen molar-refractivity contribution in [2.75, 3.05) is 13.1 Å². The highest BCUT2D eigenvalue weighted by Gasteiger charge is 2.27. The summed E-state index contributed by atoms with van der Waals surface area (Å²) >= 11 is 1.43. The molecule has 0 N–H and O–H groups in total. The van der Waals surface area contributed by atoms with Crippen molar-refractivity contribution in [2.45, 2.75) is 45.7 Å². The minimum Gasteiger partial charge on any atom is -0.860 e. The molecule has 0 spiro atoms. The van der Waals surface area contributed by atoms with Crippen LogP contribution < -0.4 is 10.7 Å². The number of hydrogen-bond acceptors (Lipinski definition) is 6. The molecule has 1 aromatic heterocycles. The van der Waals surface area contributed by atoms with E-state index >= 15 is 0 Å². The van der Waals surface area contributed by atoms with Crippen molar-refractivity contribution in [1.29, 1.82) is 0 Å². The number of nitrogens with zero attached hydrogens (tertiary/aromatic N) is 5. The fourth-order valence-corrected chi connectivity index (χ4v) is 6.26. The second-order valence-electron chi connectivity index (χ2n) is 9.59. The van der Waals surface area contributed by atoms with Crippen LogP contribution in [-0.4, -0.2) is 37.3 Å². The standard InChI is InChI=1S/C28H29N5O2S/c1-3-23-26-22(30-33(27(26)35)28-29-21-6-4-5-7-24(21)36-28)16-25(34)32(23)20-12-14-31(15-13-20)17-19-10-8-18(2)9-11-19/h4-11,16,20,34H,3,12-15,17H2,1-2H3/p-1. The maximum Gasteiger partial charge on any atom is 0.284 e. The van der Waals surface area contributed by atoms with Gasteiger partial charge in [-0.05, 0) is 55.8 Å². The number of pyridine rings is 1. The number of rotatable bonds is 5. The lowest BCUT2D eigenvalue weighted by Crippen LogP contribution is -2.35. The number of aromatic nitrogens is 4. The molecule has 4 heterocycles. The van der Waals surface area contributed by atoms with Gasteiger partial charge in [0.2, 0.25) is 5.13 Å². The van der Waals surface area contributed by atoms with Gasteiger partial charge >= 0.3 is 0 Å². The first kappa shape index (κ1) is 22.9. The first-order valence-electron chi connectivity index (χ1n) is 12.5. The topological polar surface area (TPSA) is 79.0 Å². The molecule has 6 rings (SSSR count). The molecule has 8 heteroatoms. The highest BCUT2D eigenvalue weighted by molar-refractivity contribution is 7.20. The van der Waals surface area contributed by atoms with Crippen LogP contribution in [0.4, 0.5) is 0 Å². The van der Waals surface area contributed by atoms with E-state index in [9.17, 15) is 9.90 Å². The molecular formula is C28H28N5O2S-. The van der Waals surface area contributed by atoms with Crippen LogP contribution in [0.15, 0.2) is 59.4 Å². The van der Waals surface area contributed by atoms with Crippen molar-refractivity contribution in [2.24, 2.45) is 0 Å². The summed E-state index contributed by atoms with van der Waals surface area (Å²) in [7, 11) is 0. The van der Waals surface area contributed by atoms with E-state index in [2.05, 4.69) is 46.2 Å². The van der Waals surface area contributed by atoms with Crippen molar-refractivity contribution in [1.82, 2.24) is 24.2 Å². The van der Waals surface area contributed by atoms with E-state index in [1.165, 1.54) is 33.2 Å². The quantitative estimate of drug-likeness (QED) is 0.356. The Labute approximate surface area is 213 Å². The number of piperidine rings is 1. The van der Waals surface area contributed by atoms with Gasteiger partial charge in [0.1, 0.15) is 0 Å². The van der Waals surface area contributed by atoms with E-state index in [-0.39, 0.29) is 17.5 Å². The van der Waals surface area contributed by atoms with Gasteiger partial charge in [-0.25, -0.2) is 4.98 Å². The number of likely N-dealkylation sites (tertiary alicyclic amines) is 1.